The molecule has 1 unspecified atom stereocenters. The van der Waals surface area contributed by atoms with Crippen LogP contribution < -0.4 is 0 Å². The average Bonchev–Trinajstić information content (AvgIpc) is 4.30. The lowest BCUT2D eigenvalue weighted by Crippen LogP contribution is -2.30. The Balaban J connectivity index is 1.23. The zero-order valence-corrected chi connectivity index (χ0v) is 48.4. The van der Waals surface area contributed by atoms with Crippen molar-refractivity contribution in [3.63, 3.8) is 0 Å². The third kappa shape index (κ3) is 9.85. The fraction of sp³-hybridized carbons (Fsp3) is 0.375. The molecule has 0 radical (unpaired) electrons. The molecule has 6 aromatic heterocycles. The molecule has 10 rings (SSSR count). The second kappa shape index (κ2) is 22.4. The van der Waals surface area contributed by atoms with Crippen LogP contribution in [0, 0.1) is 0 Å². The highest BCUT2D eigenvalue weighted by Crippen LogP contribution is 2.59. The molecule has 0 fully saturated rings. The Morgan fingerprint density at radius 1 is 0.521 bits per heavy atom. The van der Waals surface area contributed by atoms with Crippen molar-refractivity contribution >= 4 is 110 Å². The Kier molecular flexibility index (Phi) is 15.9. The molecule has 3 nitrogen and oxygen atoms in total. The summed E-state index contributed by atoms with van der Waals surface area (Å²) in [5, 5.41) is 3.61. The van der Waals surface area contributed by atoms with Gasteiger partial charge < -0.3 is 0 Å². The van der Waals surface area contributed by atoms with Crippen molar-refractivity contribution in [3.05, 3.63) is 151 Å². The van der Waals surface area contributed by atoms with Crippen LogP contribution in [0.4, 0.5) is 0 Å². The quantitative estimate of drug-likeness (QED) is 0.0344. The summed E-state index contributed by atoms with van der Waals surface area (Å²) in [6, 6.07) is 36.6. The maximum atomic E-state index is 14.6. The van der Waals surface area contributed by atoms with Crippen molar-refractivity contribution in [3.8, 4) is 30.6 Å². The van der Waals surface area contributed by atoms with Gasteiger partial charge >= 0.3 is 0 Å². The topological polar surface area (TPSA) is 37.4 Å². The number of amides is 2. The van der Waals surface area contributed by atoms with Crippen LogP contribution in [0.1, 0.15) is 176 Å². The van der Waals surface area contributed by atoms with E-state index in [1.165, 1.54) is 162 Å². The van der Waals surface area contributed by atoms with Crippen LogP contribution in [0.2, 0.25) is 0 Å². The zero-order chi connectivity index (χ0) is 50.9. The van der Waals surface area contributed by atoms with E-state index < -0.39 is 0 Å². The third-order valence-corrected chi connectivity index (χ3v) is 23.3. The van der Waals surface area contributed by atoms with Crippen molar-refractivity contribution < 1.29 is 9.59 Å². The van der Waals surface area contributed by atoms with E-state index in [2.05, 4.69) is 145 Å². The first-order valence-electron chi connectivity index (χ1n) is 26.9. The number of fused-ring (bicyclic) bond motifs is 5. The number of unbranched alkanes of at least 4 members (excludes halogenated alkanes) is 9. The Morgan fingerprint density at radius 2 is 1.08 bits per heavy atom. The Bertz CT molecular complexity index is 3410. The summed E-state index contributed by atoms with van der Waals surface area (Å²) < 4.78 is 3.74. The Labute approximate surface area is 457 Å². The first-order chi connectivity index (χ1) is 35.5. The summed E-state index contributed by atoms with van der Waals surface area (Å²) in [7, 11) is 0. The number of rotatable bonds is 24. The minimum absolute atomic E-state index is 0.198. The number of benzene rings is 3. The normalized spacial score (nSPS) is 13.9. The van der Waals surface area contributed by atoms with Gasteiger partial charge in [-0.25, -0.2) is 0 Å². The van der Waals surface area contributed by atoms with Gasteiger partial charge in [0.05, 0.1) is 15.1 Å². The number of imide groups is 1. The largest absolute Gasteiger partial charge is 0.271 e. The van der Waals surface area contributed by atoms with Gasteiger partial charge in [-0.15, -0.1) is 74.6 Å². The van der Waals surface area contributed by atoms with Crippen molar-refractivity contribution in [1.29, 1.82) is 0 Å². The summed E-state index contributed by atoms with van der Waals surface area (Å²) in [6.45, 7) is 18.1. The first-order valence-corrected chi connectivity index (χ1v) is 31.8. The van der Waals surface area contributed by atoms with Crippen LogP contribution in [0.25, 0.3) is 60.9 Å². The number of carbonyl (C=O) groups excluding carboxylic acids is 2. The predicted molar refractivity (Wildman–Crippen MR) is 324 cm³/mol. The molecule has 1 aliphatic rings. The van der Waals surface area contributed by atoms with E-state index in [1.807, 2.05) is 56.7 Å². The molecule has 9 heteroatoms. The molecule has 0 saturated heterocycles. The average molecular weight is 1080 g/mol. The minimum Gasteiger partial charge on any atom is -0.270 e. The van der Waals surface area contributed by atoms with Gasteiger partial charge in [-0.05, 0) is 79.6 Å². The number of hydrogen-bond acceptors (Lipinski definition) is 8. The molecule has 1 atom stereocenters. The SMILES string of the molecule is C=CCN1C(=O)c2sc3c(-c4cc5c(-c6ccc(CCCCCC)s6)c6sc(C(C)(C)c7ccccc7)cc6c(-c6ccc(CCCCCCCC)s6)c5s4)sc(C(C)(CCCC)c4ccccc4)c3c2C1=O. The molecule has 3 aromatic carbocycles. The molecule has 0 saturated carbocycles. The van der Waals surface area contributed by atoms with E-state index in [1.54, 1.807) is 6.08 Å². The zero-order valence-electron chi connectivity index (χ0n) is 43.5. The van der Waals surface area contributed by atoms with Crippen LogP contribution in [0.3, 0.4) is 0 Å². The maximum absolute atomic E-state index is 14.6. The van der Waals surface area contributed by atoms with Gasteiger partial charge in [0.1, 0.15) is 4.88 Å². The second-order valence-electron chi connectivity index (χ2n) is 20.9. The van der Waals surface area contributed by atoms with Gasteiger partial charge in [-0.3, -0.25) is 14.5 Å². The number of hydrogen-bond donors (Lipinski definition) is 0. The Hall–Kier alpha value is -4.48. The summed E-state index contributed by atoms with van der Waals surface area (Å²) in [6.07, 6.45) is 19.7. The summed E-state index contributed by atoms with van der Waals surface area (Å²) in [5.74, 6) is -0.401. The molecule has 1 aliphatic heterocycles. The standard InChI is InChI=1S/C64H69NO2S6/c1-8-12-15-17-18-26-32-44-34-36-48(69-44)52-46-40-50(63(5,6)41-27-21-19-22-28-41)71-56(46)51(47-35-33-43(68-47)31-25-16-13-9-2)45-39-49(70-55(45)52)57-58-53(54-59(72-58)62(67)65(38-11-4)61(54)66)60(73-57)64(7,37-14-10-3)42-29-23-20-24-30-42/h11,19-24,27-30,33-36,39-40H,4,8-10,12-18,25-26,31-32,37-38H2,1-3,5-7H3. The van der Waals surface area contributed by atoms with E-state index in [0.717, 1.165) is 42.2 Å². The van der Waals surface area contributed by atoms with Crippen LogP contribution in [0.5, 0.6) is 0 Å². The predicted octanol–water partition coefficient (Wildman–Crippen LogP) is 21.1. The second-order valence-corrected chi connectivity index (χ2v) is 27.4. The maximum Gasteiger partial charge on any atom is 0.271 e. The van der Waals surface area contributed by atoms with Crippen molar-refractivity contribution in [2.45, 2.75) is 149 Å². The molecule has 7 heterocycles. The lowest BCUT2D eigenvalue weighted by atomic mass is 9.76. The van der Waals surface area contributed by atoms with E-state index in [-0.39, 0.29) is 29.2 Å². The molecule has 9 aromatic rings. The molecule has 378 valence electrons. The van der Waals surface area contributed by atoms with Crippen LogP contribution in [0.15, 0.2) is 110 Å². The van der Waals surface area contributed by atoms with Gasteiger partial charge in [0.25, 0.3) is 11.8 Å². The van der Waals surface area contributed by atoms with Crippen LogP contribution >= 0.6 is 68.0 Å². The number of thiophene rings is 6. The summed E-state index contributed by atoms with van der Waals surface area (Å²) >= 11 is 11.3. The third-order valence-electron chi connectivity index (χ3n) is 15.4. The molecular weight excluding hydrogens is 1010 g/mol. The smallest absolute Gasteiger partial charge is 0.270 e. The number of nitrogens with zero attached hydrogens (tertiary/aromatic N) is 1. The fourth-order valence-electron chi connectivity index (χ4n) is 11.1. The number of aryl methyl sites for hydroxylation is 2. The van der Waals surface area contributed by atoms with E-state index in [4.69, 9.17) is 0 Å². The Morgan fingerprint density at radius 3 is 1.70 bits per heavy atom. The monoisotopic (exact) mass is 1080 g/mol. The van der Waals surface area contributed by atoms with Gasteiger partial charge in [0.2, 0.25) is 0 Å². The lowest BCUT2D eigenvalue weighted by Gasteiger charge is -2.30. The highest BCUT2D eigenvalue weighted by atomic mass is 32.1. The van der Waals surface area contributed by atoms with E-state index >= 15 is 0 Å². The highest BCUT2D eigenvalue weighted by Gasteiger charge is 2.44. The van der Waals surface area contributed by atoms with Crippen molar-refractivity contribution in [2.24, 2.45) is 0 Å². The van der Waals surface area contributed by atoms with Crippen LogP contribution in [-0.2, 0) is 23.7 Å². The summed E-state index contributed by atoms with van der Waals surface area (Å²) in [4.78, 5) is 41.3. The van der Waals surface area contributed by atoms with Crippen molar-refractivity contribution in [1.82, 2.24) is 4.90 Å². The molecule has 0 N–H and O–H groups in total. The lowest BCUT2D eigenvalue weighted by molar-refractivity contribution is 0.0674. The fourth-order valence-corrected chi connectivity index (χ4v) is 19.1. The molecule has 0 aliphatic carbocycles. The molecule has 0 spiro atoms. The van der Waals surface area contributed by atoms with Gasteiger partial charge in [0, 0.05) is 88.2 Å². The molecule has 2 amide bonds. The van der Waals surface area contributed by atoms with E-state index in [9.17, 15) is 9.59 Å². The number of carbonyl (C=O) groups is 2. The van der Waals surface area contributed by atoms with Gasteiger partial charge in [-0.2, -0.15) is 0 Å². The van der Waals surface area contributed by atoms with Crippen molar-refractivity contribution in [2.75, 3.05) is 6.54 Å². The van der Waals surface area contributed by atoms with Gasteiger partial charge in [-0.1, -0.05) is 172 Å². The molecule has 0 bridgehead atoms. The van der Waals surface area contributed by atoms with Gasteiger partial charge in [0.15, 0.2) is 0 Å². The first kappa shape index (κ1) is 52.0. The minimum atomic E-state index is -0.381. The van der Waals surface area contributed by atoms with Crippen LogP contribution in [-0.4, -0.2) is 23.3 Å². The summed E-state index contributed by atoms with van der Waals surface area (Å²) in [5.41, 5.74) is 5.25. The molecular formula is C64H69NO2S6. The highest BCUT2D eigenvalue weighted by molar-refractivity contribution is 7.32. The molecule has 73 heavy (non-hydrogen) atoms. The van der Waals surface area contributed by atoms with E-state index in [0.29, 0.717) is 10.4 Å².